The molecule has 0 amide bonds. The van der Waals surface area contributed by atoms with Crippen LogP contribution in [0.1, 0.15) is 19.2 Å². The van der Waals surface area contributed by atoms with Gasteiger partial charge in [0.25, 0.3) is 0 Å². The Morgan fingerprint density at radius 2 is 2.38 bits per heavy atom. The number of hydrogen-bond donors (Lipinski definition) is 1. The summed E-state index contributed by atoms with van der Waals surface area (Å²) in [5.74, 6) is 1.29. The molecule has 0 atom stereocenters. The molecule has 2 rings (SSSR count). The highest BCUT2D eigenvalue weighted by Gasteiger charge is 2.09. The van der Waals surface area contributed by atoms with Gasteiger partial charge in [0.2, 0.25) is 11.7 Å². The summed E-state index contributed by atoms with van der Waals surface area (Å²) in [5, 5.41) is 7.16. The molecular weight excluding hydrogens is 290 g/mol. The number of hydrogen-bond acceptors (Lipinski definition) is 5. The fourth-order valence-corrected chi connectivity index (χ4v) is 2.55. The first-order chi connectivity index (χ1) is 7.79. The maximum absolute atomic E-state index is 5.14. The van der Waals surface area contributed by atoms with E-state index in [9.17, 15) is 0 Å². The van der Waals surface area contributed by atoms with Crippen LogP contribution in [0, 0.1) is 0 Å². The van der Waals surface area contributed by atoms with Gasteiger partial charge in [-0.05, 0) is 41.0 Å². The van der Waals surface area contributed by atoms with Crippen molar-refractivity contribution in [2.24, 2.45) is 0 Å². The lowest BCUT2D eigenvalue weighted by atomic mass is 10.4. The van der Waals surface area contributed by atoms with Gasteiger partial charge in [0.05, 0.1) is 15.2 Å². The molecule has 0 aliphatic rings. The lowest BCUT2D eigenvalue weighted by Gasteiger charge is -1.95. The predicted octanol–water partition coefficient (Wildman–Crippen LogP) is 3.06. The lowest BCUT2D eigenvalue weighted by molar-refractivity contribution is 0.368. The molecule has 6 heteroatoms. The largest absolute Gasteiger partial charge is 0.338 e. The van der Waals surface area contributed by atoms with Crippen molar-refractivity contribution in [1.82, 2.24) is 15.5 Å². The van der Waals surface area contributed by atoms with Crippen molar-refractivity contribution in [3.05, 3.63) is 21.8 Å². The zero-order valence-corrected chi connectivity index (χ0v) is 11.3. The minimum atomic E-state index is 0.632. The normalized spacial score (nSPS) is 10.9. The Balaban J connectivity index is 2.02. The number of thiophene rings is 1. The van der Waals surface area contributed by atoms with Crippen molar-refractivity contribution in [3.63, 3.8) is 0 Å². The Hall–Kier alpha value is -0.720. The van der Waals surface area contributed by atoms with Crippen LogP contribution < -0.4 is 5.32 Å². The van der Waals surface area contributed by atoms with Crippen LogP contribution in [-0.4, -0.2) is 16.7 Å². The smallest absolute Gasteiger partial charge is 0.240 e. The topological polar surface area (TPSA) is 51.0 Å². The van der Waals surface area contributed by atoms with E-state index in [0.29, 0.717) is 18.3 Å². The van der Waals surface area contributed by atoms with E-state index < -0.39 is 0 Å². The van der Waals surface area contributed by atoms with Gasteiger partial charge in [0, 0.05) is 0 Å². The van der Waals surface area contributed by atoms with Crippen LogP contribution in [0.2, 0.25) is 0 Å². The van der Waals surface area contributed by atoms with Crippen LogP contribution in [0.4, 0.5) is 0 Å². The van der Waals surface area contributed by atoms with E-state index in [2.05, 4.69) is 38.3 Å². The molecule has 0 aliphatic heterocycles. The van der Waals surface area contributed by atoms with Crippen LogP contribution in [0.5, 0.6) is 0 Å². The monoisotopic (exact) mass is 301 g/mol. The summed E-state index contributed by atoms with van der Waals surface area (Å²) in [6.07, 6.45) is 1.10. The molecule has 0 saturated heterocycles. The molecule has 2 heterocycles. The second-order valence-corrected chi connectivity index (χ2v) is 5.76. The van der Waals surface area contributed by atoms with Gasteiger partial charge in [0.1, 0.15) is 0 Å². The fourth-order valence-electron chi connectivity index (χ4n) is 1.23. The molecule has 0 radical (unpaired) electrons. The molecule has 0 spiro atoms. The number of nitrogens with zero attached hydrogens (tertiary/aromatic N) is 2. The second kappa shape index (κ2) is 5.56. The van der Waals surface area contributed by atoms with Crippen LogP contribution >= 0.6 is 27.3 Å². The summed E-state index contributed by atoms with van der Waals surface area (Å²) >= 11 is 5.00. The van der Waals surface area contributed by atoms with E-state index in [0.717, 1.165) is 21.6 Å². The van der Waals surface area contributed by atoms with E-state index in [1.54, 1.807) is 11.3 Å². The Kier molecular flexibility index (Phi) is 4.09. The average molecular weight is 302 g/mol. The van der Waals surface area contributed by atoms with Crippen LogP contribution in [0.3, 0.4) is 0 Å². The molecule has 4 nitrogen and oxygen atoms in total. The summed E-state index contributed by atoms with van der Waals surface area (Å²) in [6.45, 7) is 3.71. The van der Waals surface area contributed by atoms with E-state index >= 15 is 0 Å². The van der Waals surface area contributed by atoms with Crippen molar-refractivity contribution in [1.29, 1.82) is 0 Å². The number of halogens is 1. The molecule has 0 fully saturated rings. The van der Waals surface area contributed by atoms with Crippen molar-refractivity contribution >= 4 is 27.3 Å². The molecule has 0 bridgehead atoms. The third-order valence-electron chi connectivity index (χ3n) is 1.96. The van der Waals surface area contributed by atoms with Gasteiger partial charge in [-0.25, -0.2) is 0 Å². The summed E-state index contributed by atoms with van der Waals surface area (Å²) < 4.78 is 6.21. The number of nitrogens with one attached hydrogen (secondary N) is 1. The standard InChI is InChI=1S/C10H12BrN3OS/c1-2-5-12-6-9-13-10(14-15-9)7-3-4-8(11)16-7/h3-4,12H,2,5-6H2,1H3. The molecule has 0 saturated carbocycles. The molecule has 16 heavy (non-hydrogen) atoms. The molecule has 1 N–H and O–H groups in total. The van der Waals surface area contributed by atoms with Gasteiger partial charge >= 0.3 is 0 Å². The summed E-state index contributed by atoms with van der Waals surface area (Å²) in [6, 6.07) is 3.95. The van der Waals surface area contributed by atoms with Crippen LogP contribution in [-0.2, 0) is 6.54 Å². The van der Waals surface area contributed by atoms with Gasteiger partial charge in [-0.3, -0.25) is 0 Å². The molecular formula is C10H12BrN3OS. The first-order valence-electron chi connectivity index (χ1n) is 5.08. The molecule has 0 aromatic carbocycles. The first kappa shape index (κ1) is 11.8. The highest BCUT2D eigenvalue weighted by molar-refractivity contribution is 9.11. The maximum atomic E-state index is 5.14. The van der Waals surface area contributed by atoms with E-state index in [4.69, 9.17) is 4.52 Å². The van der Waals surface area contributed by atoms with Gasteiger partial charge in [-0.2, -0.15) is 4.98 Å². The van der Waals surface area contributed by atoms with Crippen molar-refractivity contribution in [2.75, 3.05) is 6.54 Å². The molecule has 2 aromatic rings. The Morgan fingerprint density at radius 1 is 1.50 bits per heavy atom. The number of aromatic nitrogens is 2. The first-order valence-corrected chi connectivity index (χ1v) is 6.69. The van der Waals surface area contributed by atoms with Gasteiger partial charge in [0.15, 0.2) is 0 Å². The SMILES string of the molecule is CCCNCc1nc(-c2ccc(Br)s2)no1. The molecule has 86 valence electrons. The van der Waals surface area contributed by atoms with Crippen LogP contribution in [0.15, 0.2) is 20.4 Å². The third kappa shape index (κ3) is 2.90. The van der Waals surface area contributed by atoms with Crippen molar-refractivity contribution in [3.8, 4) is 10.7 Å². The number of rotatable bonds is 5. The van der Waals surface area contributed by atoms with E-state index in [1.807, 2.05) is 12.1 Å². The maximum Gasteiger partial charge on any atom is 0.240 e. The molecule has 0 unspecified atom stereocenters. The summed E-state index contributed by atoms with van der Waals surface area (Å²) in [5.41, 5.74) is 0. The quantitative estimate of drug-likeness (QED) is 0.862. The summed E-state index contributed by atoms with van der Waals surface area (Å²) in [7, 11) is 0. The molecule has 0 aliphatic carbocycles. The minimum absolute atomic E-state index is 0.632. The van der Waals surface area contributed by atoms with Gasteiger partial charge < -0.3 is 9.84 Å². The lowest BCUT2D eigenvalue weighted by Crippen LogP contribution is -2.13. The van der Waals surface area contributed by atoms with E-state index in [-0.39, 0.29) is 0 Å². The van der Waals surface area contributed by atoms with Gasteiger partial charge in [-0.15, -0.1) is 11.3 Å². The Labute approximate surface area is 106 Å². The highest BCUT2D eigenvalue weighted by atomic mass is 79.9. The average Bonchev–Trinajstić information content (AvgIpc) is 2.87. The van der Waals surface area contributed by atoms with Crippen molar-refractivity contribution < 1.29 is 4.52 Å². The summed E-state index contributed by atoms with van der Waals surface area (Å²) in [4.78, 5) is 5.33. The minimum Gasteiger partial charge on any atom is -0.338 e. The Morgan fingerprint density at radius 3 is 3.06 bits per heavy atom. The predicted molar refractivity (Wildman–Crippen MR) is 67.3 cm³/mol. The fraction of sp³-hybridized carbons (Fsp3) is 0.400. The zero-order chi connectivity index (χ0) is 11.4. The molecule has 2 aromatic heterocycles. The zero-order valence-electron chi connectivity index (χ0n) is 8.86. The third-order valence-corrected chi connectivity index (χ3v) is 3.58. The van der Waals surface area contributed by atoms with Crippen LogP contribution in [0.25, 0.3) is 10.7 Å². The van der Waals surface area contributed by atoms with Crippen molar-refractivity contribution in [2.45, 2.75) is 19.9 Å². The Bertz CT molecular complexity index is 454. The van der Waals surface area contributed by atoms with Gasteiger partial charge in [-0.1, -0.05) is 12.1 Å². The van der Waals surface area contributed by atoms with E-state index in [1.165, 1.54) is 0 Å². The highest BCUT2D eigenvalue weighted by Crippen LogP contribution is 2.29. The second-order valence-electron chi connectivity index (χ2n) is 3.29.